The highest BCUT2D eigenvalue weighted by Crippen LogP contribution is 2.42. The zero-order valence-corrected chi connectivity index (χ0v) is 28.8. The fourth-order valence-electron chi connectivity index (χ4n) is 8.11. The van der Waals surface area contributed by atoms with Crippen LogP contribution in [-0.4, -0.2) is 9.13 Å². The van der Waals surface area contributed by atoms with Crippen LogP contribution in [0.3, 0.4) is 0 Å². The second-order valence-electron chi connectivity index (χ2n) is 13.5. The first-order valence-corrected chi connectivity index (χ1v) is 17.8. The fourth-order valence-corrected chi connectivity index (χ4v) is 8.11. The van der Waals surface area contributed by atoms with Crippen molar-refractivity contribution in [3.8, 4) is 50.8 Å². The zero-order chi connectivity index (χ0) is 36.3. The smallest absolute Gasteiger partial charge is 0.134 e. The van der Waals surface area contributed by atoms with Gasteiger partial charge < -0.3 is 9.13 Å². The van der Waals surface area contributed by atoms with E-state index in [0.717, 1.165) is 60.8 Å². The molecule has 0 bridgehead atoms. The van der Waals surface area contributed by atoms with Crippen LogP contribution in [-0.2, 0) is 0 Å². The Kier molecular flexibility index (Phi) is 7.24. The van der Waals surface area contributed by atoms with Crippen molar-refractivity contribution in [1.82, 2.24) is 9.13 Å². The van der Waals surface area contributed by atoms with Crippen molar-refractivity contribution >= 4 is 43.6 Å². The first-order chi connectivity index (χ1) is 26.6. The summed E-state index contributed by atoms with van der Waals surface area (Å²) >= 11 is 0. The lowest BCUT2D eigenvalue weighted by molar-refractivity contribution is 0.589. The van der Waals surface area contributed by atoms with Gasteiger partial charge in [-0.3, -0.25) is 0 Å². The Morgan fingerprint density at radius 3 is 1.52 bits per heavy atom. The summed E-state index contributed by atoms with van der Waals surface area (Å²) in [4.78, 5) is 0. The molecule has 254 valence electrons. The molecule has 0 N–H and O–H groups in total. The molecule has 0 saturated heterocycles. The highest BCUT2D eigenvalue weighted by atomic mass is 19.1. The Morgan fingerprint density at radius 2 is 0.889 bits per heavy atom. The molecule has 0 atom stereocenters. The molecule has 5 heteroatoms. The molecule has 8 aromatic carbocycles. The largest absolute Gasteiger partial charge is 0.309 e. The lowest BCUT2D eigenvalue weighted by atomic mass is 9.96. The van der Waals surface area contributed by atoms with Crippen LogP contribution in [0, 0.1) is 23.0 Å². The van der Waals surface area contributed by atoms with E-state index in [2.05, 4.69) is 126 Å². The van der Waals surface area contributed by atoms with Crippen LogP contribution >= 0.6 is 0 Å². The van der Waals surface area contributed by atoms with Crippen LogP contribution in [0.25, 0.3) is 88.4 Å². The standard InChI is InChI=1S/C49H29F2N3/c50-41-16-10-17-42(51)49(41)40-27-31(30-52)21-24-48(40)54-45-20-9-6-15-37(45)39-29-34(23-26-47(39)54)33-22-25-46(38(28-33)32-11-2-1-3-12-32)53-43-18-7-4-13-35(43)36-14-5-8-19-44(36)53/h1-29H. The van der Waals surface area contributed by atoms with Crippen molar-refractivity contribution in [3.05, 3.63) is 193 Å². The Morgan fingerprint density at radius 1 is 0.389 bits per heavy atom. The van der Waals surface area contributed by atoms with E-state index in [9.17, 15) is 5.26 Å². The number of fused-ring (bicyclic) bond motifs is 6. The summed E-state index contributed by atoms with van der Waals surface area (Å²) in [6, 6.07) is 59.7. The Hall–Kier alpha value is -7.29. The van der Waals surface area contributed by atoms with Gasteiger partial charge in [0.25, 0.3) is 0 Å². The monoisotopic (exact) mass is 697 g/mol. The second-order valence-corrected chi connectivity index (χ2v) is 13.5. The summed E-state index contributed by atoms with van der Waals surface area (Å²) in [7, 11) is 0. The lowest BCUT2D eigenvalue weighted by Gasteiger charge is -2.17. The van der Waals surface area contributed by atoms with Crippen molar-refractivity contribution in [1.29, 1.82) is 5.26 Å². The first kappa shape index (κ1) is 31.4. The molecule has 10 aromatic rings. The van der Waals surface area contributed by atoms with Gasteiger partial charge >= 0.3 is 0 Å². The molecular formula is C49H29F2N3. The number of aromatic nitrogens is 2. The van der Waals surface area contributed by atoms with Crippen molar-refractivity contribution in [2.24, 2.45) is 0 Å². The summed E-state index contributed by atoms with van der Waals surface area (Å²) in [5.74, 6) is -1.37. The summed E-state index contributed by atoms with van der Waals surface area (Å²) in [5.41, 5.74) is 10.5. The first-order valence-electron chi connectivity index (χ1n) is 17.8. The maximum Gasteiger partial charge on any atom is 0.134 e. The van der Waals surface area contributed by atoms with Crippen LogP contribution in [0.1, 0.15) is 5.56 Å². The average molecular weight is 698 g/mol. The van der Waals surface area contributed by atoms with E-state index in [-0.39, 0.29) is 5.56 Å². The van der Waals surface area contributed by atoms with Crippen LogP contribution in [0.5, 0.6) is 0 Å². The molecule has 0 aliphatic rings. The Balaban J connectivity index is 1.20. The number of nitrogens with zero attached hydrogens (tertiary/aromatic N) is 3. The van der Waals surface area contributed by atoms with Crippen molar-refractivity contribution in [2.75, 3.05) is 0 Å². The average Bonchev–Trinajstić information content (AvgIpc) is 3.73. The van der Waals surface area contributed by atoms with E-state index in [4.69, 9.17) is 0 Å². The molecule has 0 amide bonds. The van der Waals surface area contributed by atoms with E-state index in [1.165, 1.54) is 29.0 Å². The second kappa shape index (κ2) is 12.4. The van der Waals surface area contributed by atoms with Gasteiger partial charge in [-0.05, 0) is 89.5 Å². The summed E-state index contributed by atoms with van der Waals surface area (Å²) in [5, 5.41) is 14.2. The van der Waals surface area contributed by atoms with Crippen molar-refractivity contribution in [3.63, 3.8) is 0 Å². The van der Waals surface area contributed by atoms with Gasteiger partial charge in [-0.2, -0.15) is 5.26 Å². The SMILES string of the molecule is N#Cc1ccc(-n2c3ccccc3c3cc(-c4ccc(-n5c6ccccc6c6ccccc65)c(-c5ccccc5)c4)ccc32)c(-c2c(F)cccc2F)c1. The number of hydrogen-bond donors (Lipinski definition) is 0. The van der Waals surface area contributed by atoms with Gasteiger partial charge in [0.2, 0.25) is 0 Å². The topological polar surface area (TPSA) is 33.6 Å². The number of hydrogen-bond acceptors (Lipinski definition) is 1. The van der Waals surface area contributed by atoms with Crippen LogP contribution < -0.4 is 0 Å². The van der Waals surface area contributed by atoms with E-state index in [0.29, 0.717) is 16.8 Å². The molecule has 3 nitrogen and oxygen atoms in total. The van der Waals surface area contributed by atoms with Gasteiger partial charge in [-0.1, -0.05) is 103 Å². The molecule has 0 aliphatic carbocycles. The fraction of sp³-hybridized carbons (Fsp3) is 0. The molecule has 0 spiro atoms. The van der Waals surface area contributed by atoms with E-state index >= 15 is 8.78 Å². The van der Waals surface area contributed by atoms with E-state index in [1.807, 2.05) is 28.8 Å². The quantitative estimate of drug-likeness (QED) is 0.176. The highest BCUT2D eigenvalue weighted by molar-refractivity contribution is 6.12. The zero-order valence-electron chi connectivity index (χ0n) is 28.8. The van der Waals surface area contributed by atoms with Gasteiger partial charge in [0, 0.05) is 32.7 Å². The molecule has 10 rings (SSSR count). The van der Waals surface area contributed by atoms with Gasteiger partial charge in [0.05, 0.1) is 50.6 Å². The summed E-state index contributed by atoms with van der Waals surface area (Å²) in [6.45, 7) is 0. The van der Waals surface area contributed by atoms with E-state index in [1.54, 1.807) is 18.2 Å². The van der Waals surface area contributed by atoms with Gasteiger partial charge in [-0.15, -0.1) is 0 Å². The minimum atomic E-state index is -0.687. The number of halogens is 2. The van der Waals surface area contributed by atoms with Gasteiger partial charge in [0.15, 0.2) is 0 Å². The highest BCUT2D eigenvalue weighted by Gasteiger charge is 2.21. The molecule has 0 unspecified atom stereocenters. The van der Waals surface area contributed by atoms with Gasteiger partial charge in [0.1, 0.15) is 11.6 Å². The summed E-state index contributed by atoms with van der Waals surface area (Å²) in [6.07, 6.45) is 0. The third kappa shape index (κ3) is 4.85. The number of nitriles is 1. The number of benzene rings is 8. The van der Waals surface area contributed by atoms with E-state index < -0.39 is 11.6 Å². The lowest BCUT2D eigenvalue weighted by Crippen LogP contribution is -2.00. The Bertz CT molecular complexity index is 3070. The predicted octanol–water partition coefficient (Wildman–Crippen LogP) is 13.0. The molecule has 0 fully saturated rings. The molecule has 0 saturated carbocycles. The molecule has 54 heavy (non-hydrogen) atoms. The van der Waals surface area contributed by atoms with Crippen LogP contribution in [0.2, 0.25) is 0 Å². The molecule has 2 aromatic heterocycles. The van der Waals surface area contributed by atoms with Crippen LogP contribution in [0.4, 0.5) is 8.78 Å². The molecular weight excluding hydrogens is 669 g/mol. The van der Waals surface area contributed by atoms with Gasteiger partial charge in [-0.25, -0.2) is 8.78 Å². The normalized spacial score (nSPS) is 11.5. The maximum absolute atomic E-state index is 15.4. The maximum atomic E-state index is 15.4. The van der Waals surface area contributed by atoms with Crippen molar-refractivity contribution in [2.45, 2.75) is 0 Å². The Labute approximate surface area is 309 Å². The summed E-state index contributed by atoms with van der Waals surface area (Å²) < 4.78 is 35.1. The third-order valence-electron chi connectivity index (χ3n) is 10.5. The van der Waals surface area contributed by atoms with Crippen molar-refractivity contribution < 1.29 is 8.78 Å². The molecule has 0 radical (unpaired) electrons. The predicted molar refractivity (Wildman–Crippen MR) is 216 cm³/mol. The minimum Gasteiger partial charge on any atom is -0.309 e. The number of para-hydroxylation sites is 3. The number of rotatable bonds is 5. The minimum absolute atomic E-state index is 0.163. The molecule has 0 aliphatic heterocycles. The third-order valence-corrected chi connectivity index (χ3v) is 10.5. The molecule has 2 heterocycles. The van der Waals surface area contributed by atoms with Crippen LogP contribution in [0.15, 0.2) is 176 Å².